The molecule has 0 aliphatic rings. The molecule has 0 spiro atoms. The van der Waals surface area contributed by atoms with Crippen molar-refractivity contribution >= 4 is 79.9 Å². The van der Waals surface area contributed by atoms with Crippen LogP contribution in [0, 0.1) is 80.9 Å². The van der Waals surface area contributed by atoms with Gasteiger partial charge in [-0.25, -0.2) is 0 Å². The summed E-state index contributed by atoms with van der Waals surface area (Å²) in [5, 5.41) is 103. The zero-order valence-electron chi connectivity index (χ0n) is 23.0. The van der Waals surface area contributed by atoms with Gasteiger partial charge < -0.3 is 10.6 Å². The van der Waals surface area contributed by atoms with E-state index in [4.69, 9.17) is 11.1 Å². The molecular formula is C17H5N17O16. The summed E-state index contributed by atoms with van der Waals surface area (Å²) in [6, 6.07) is 0.333. The quantitative estimate of drug-likeness (QED) is 0.0666. The van der Waals surface area contributed by atoms with E-state index in [2.05, 4.69) is 25.0 Å². The highest BCUT2D eigenvalue weighted by atomic mass is 16.7. The average Bonchev–Trinajstić information content (AvgIpc) is 3.00. The zero-order chi connectivity index (χ0) is 37.8. The van der Waals surface area contributed by atoms with Crippen molar-refractivity contribution in [3.05, 3.63) is 120 Å². The van der Waals surface area contributed by atoms with Gasteiger partial charge in [0.15, 0.2) is 22.7 Å². The monoisotopic (exact) mass is 703 g/mol. The highest BCUT2D eigenvalue weighted by Crippen LogP contribution is 2.56. The van der Waals surface area contributed by atoms with E-state index in [1.807, 2.05) is 0 Å². The van der Waals surface area contributed by atoms with Gasteiger partial charge >= 0.3 is 39.8 Å². The lowest BCUT2D eigenvalue weighted by molar-refractivity contribution is -0.401. The first kappa shape index (κ1) is 35.5. The van der Waals surface area contributed by atoms with Gasteiger partial charge in [-0.3, -0.25) is 80.9 Å². The van der Waals surface area contributed by atoms with Gasteiger partial charge in [0.2, 0.25) is 11.6 Å². The van der Waals surface area contributed by atoms with Crippen molar-refractivity contribution < 1.29 is 39.4 Å². The Balaban J connectivity index is 2.58. The van der Waals surface area contributed by atoms with Crippen molar-refractivity contribution in [3.63, 3.8) is 0 Å². The Hall–Kier alpha value is -8.99. The Morgan fingerprint density at radius 1 is 0.500 bits per heavy atom. The summed E-state index contributed by atoms with van der Waals surface area (Å²) in [6.45, 7) is 0. The molecule has 33 heteroatoms. The molecule has 0 atom stereocenters. The molecule has 50 heavy (non-hydrogen) atoms. The van der Waals surface area contributed by atoms with Crippen molar-refractivity contribution in [2.75, 3.05) is 10.6 Å². The third-order valence-corrected chi connectivity index (χ3v) is 5.76. The van der Waals surface area contributed by atoms with E-state index < -0.39 is 119 Å². The minimum atomic E-state index is -1.87. The fourth-order valence-corrected chi connectivity index (χ4v) is 3.92. The number of benzene rings is 2. The molecule has 0 aliphatic carbocycles. The topological polar surface area (TPSA) is 480 Å². The van der Waals surface area contributed by atoms with Crippen LogP contribution in [0.5, 0.6) is 0 Å². The van der Waals surface area contributed by atoms with Gasteiger partial charge in [0, 0.05) is 9.82 Å². The molecule has 254 valence electrons. The Labute approximate surface area is 265 Å². The maximum Gasteiger partial charge on any atom is 0.318 e. The molecule has 0 bridgehead atoms. The number of hydrogen-bond acceptors (Lipinski definition) is 21. The average molecular weight is 703 g/mol. The predicted octanol–water partition coefficient (Wildman–Crippen LogP) is 5.72. The van der Waals surface area contributed by atoms with E-state index >= 15 is 0 Å². The summed E-state index contributed by atoms with van der Waals surface area (Å²) in [6.07, 6.45) is 0. The van der Waals surface area contributed by atoms with Crippen LogP contribution in [0.25, 0.3) is 20.9 Å². The van der Waals surface area contributed by atoms with E-state index in [9.17, 15) is 80.9 Å². The number of pyridine rings is 1. The molecule has 0 fully saturated rings. The first-order valence-corrected chi connectivity index (χ1v) is 11.6. The van der Waals surface area contributed by atoms with Crippen LogP contribution in [0.1, 0.15) is 0 Å². The summed E-state index contributed by atoms with van der Waals surface area (Å²) >= 11 is 0. The largest absolute Gasteiger partial charge is 0.323 e. The fraction of sp³-hybridized carbons (Fsp3) is 0. The van der Waals surface area contributed by atoms with E-state index in [1.54, 1.807) is 10.6 Å². The van der Waals surface area contributed by atoms with Crippen LogP contribution in [0.2, 0.25) is 0 Å². The number of anilines is 4. The standard InChI is InChI=1S/C17H5N17O16/c18-25-23-11-13(32(45)46)10(14(33(47)48)12(24-26-19)15(11)34(49)50)21-17-8(31(43)44)3-7(30(41)42)16(22-17)20-9-5(28(37)38)1-4(27(35)36)2-6(9)29(39)40/h1-3H,(H2,20,21,22). The number of nitrogens with zero attached hydrogens (tertiary/aromatic N) is 15. The molecule has 0 radical (unpaired) electrons. The van der Waals surface area contributed by atoms with Crippen molar-refractivity contribution in [2.45, 2.75) is 0 Å². The smallest absolute Gasteiger partial charge is 0.318 e. The van der Waals surface area contributed by atoms with Crippen LogP contribution < -0.4 is 10.6 Å². The second kappa shape index (κ2) is 13.6. The number of aromatic nitrogens is 1. The molecule has 3 aromatic rings. The minimum Gasteiger partial charge on any atom is -0.323 e. The predicted molar refractivity (Wildman–Crippen MR) is 155 cm³/mol. The number of nitrogens with one attached hydrogen (secondary N) is 2. The number of rotatable bonds is 14. The highest BCUT2D eigenvalue weighted by Gasteiger charge is 2.43. The van der Waals surface area contributed by atoms with Crippen LogP contribution in [0.15, 0.2) is 28.4 Å². The van der Waals surface area contributed by atoms with E-state index in [0.717, 1.165) is 0 Å². The summed E-state index contributed by atoms with van der Waals surface area (Å²) < 4.78 is 0. The van der Waals surface area contributed by atoms with Crippen molar-refractivity contribution in [1.82, 2.24) is 4.98 Å². The Bertz CT molecular complexity index is 2130. The van der Waals surface area contributed by atoms with Crippen LogP contribution in [-0.2, 0) is 0 Å². The first-order valence-electron chi connectivity index (χ1n) is 11.6. The lowest BCUT2D eigenvalue weighted by Crippen LogP contribution is -2.10. The Kier molecular flexibility index (Phi) is 9.62. The van der Waals surface area contributed by atoms with Crippen LogP contribution in [0.3, 0.4) is 0 Å². The molecule has 0 unspecified atom stereocenters. The fourth-order valence-electron chi connectivity index (χ4n) is 3.92. The third kappa shape index (κ3) is 6.51. The second-order valence-electron chi connectivity index (χ2n) is 8.39. The molecule has 1 heterocycles. The van der Waals surface area contributed by atoms with E-state index in [0.29, 0.717) is 0 Å². The molecule has 0 amide bonds. The molecule has 0 saturated carbocycles. The van der Waals surface area contributed by atoms with Crippen molar-refractivity contribution in [3.8, 4) is 0 Å². The van der Waals surface area contributed by atoms with Gasteiger partial charge in [0.25, 0.3) is 5.69 Å². The van der Waals surface area contributed by atoms with Gasteiger partial charge in [0.05, 0.1) is 51.5 Å². The van der Waals surface area contributed by atoms with Gasteiger partial charge in [-0.2, -0.15) is 4.98 Å². The molecule has 33 nitrogen and oxygen atoms in total. The summed E-state index contributed by atoms with van der Waals surface area (Å²) in [5.41, 5.74) is -1.35. The molecule has 0 aliphatic heterocycles. The number of nitro groups is 8. The first-order chi connectivity index (χ1) is 23.4. The maximum atomic E-state index is 12.1. The van der Waals surface area contributed by atoms with Crippen LogP contribution in [0.4, 0.5) is 79.9 Å². The summed E-state index contributed by atoms with van der Waals surface area (Å²) in [5.74, 6) is -2.92. The molecule has 0 saturated heterocycles. The van der Waals surface area contributed by atoms with Crippen LogP contribution in [-0.4, -0.2) is 44.4 Å². The summed E-state index contributed by atoms with van der Waals surface area (Å²) in [7, 11) is 0. The number of non-ortho nitro benzene ring substituents is 1. The van der Waals surface area contributed by atoms with Crippen molar-refractivity contribution in [2.24, 2.45) is 10.2 Å². The maximum absolute atomic E-state index is 12.1. The number of hydrogen-bond donors (Lipinski definition) is 2. The van der Waals surface area contributed by atoms with Gasteiger partial charge in [0.1, 0.15) is 6.07 Å². The van der Waals surface area contributed by atoms with Crippen LogP contribution >= 0.6 is 0 Å². The Morgan fingerprint density at radius 2 is 0.860 bits per heavy atom. The summed E-state index contributed by atoms with van der Waals surface area (Å²) in [4.78, 5) is 90.1. The van der Waals surface area contributed by atoms with E-state index in [1.165, 1.54) is 0 Å². The SMILES string of the molecule is [N-]=[N+]=Nc1c([N+](=O)[O-])c(N=[N+]=[N-])c([N+](=O)[O-])c(Nc2nc(Nc3c([N+](=O)[O-])cc([N+](=O)[O-])cc3[N+](=O)[O-])c([N+](=O)[O-])cc2[N+](=O)[O-])c1[N+](=O)[O-]. The minimum absolute atomic E-state index is 0.00747. The second-order valence-corrected chi connectivity index (χ2v) is 8.39. The van der Waals surface area contributed by atoms with Gasteiger partial charge in [-0.05, 0) is 21.3 Å². The molecule has 1 aromatic heterocycles. The van der Waals surface area contributed by atoms with E-state index in [-0.39, 0.29) is 18.2 Å². The zero-order valence-corrected chi connectivity index (χ0v) is 23.0. The third-order valence-electron chi connectivity index (χ3n) is 5.76. The molecular weight excluding hydrogens is 698 g/mol. The molecule has 2 aromatic carbocycles. The van der Waals surface area contributed by atoms with Gasteiger partial charge in [-0.15, -0.1) is 0 Å². The number of nitro benzene ring substituents is 6. The lowest BCUT2D eigenvalue weighted by Gasteiger charge is -2.13. The Morgan fingerprint density at radius 3 is 1.16 bits per heavy atom. The molecule has 2 N–H and O–H groups in total. The lowest BCUT2D eigenvalue weighted by atomic mass is 10.1. The van der Waals surface area contributed by atoms with Gasteiger partial charge in [-0.1, -0.05) is 0 Å². The normalized spacial score (nSPS) is 10.1. The van der Waals surface area contributed by atoms with Crippen molar-refractivity contribution in [1.29, 1.82) is 0 Å². The molecule has 3 rings (SSSR count). The highest BCUT2D eigenvalue weighted by molar-refractivity contribution is 5.99. The number of azide groups is 2.